The zero-order valence-corrected chi connectivity index (χ0v) is 17.0. The summed E-state index contributed by atoms with van der Waals surface area (Å²) < 4.78 is 5.22. The molecule has 1 aromatic rings. The number of benzene rings is 1. The van der Waals surface area contributed by atoms with E-state index >= 15 is 0 Å². The van der Waals surface area contributed by atoms with Crippen LogP contribution >= 0.6 is 0 Å². The predicted octanol–water partition coefficient (Wildman–Crippen LogP) is 1.85. The maximum atomic E-state index is 13.3. The molecule has 0 aromatic heterocycles. The SMILES string of the molecule is COc1ccc(CN(CC(=O)N2CC(=O)NC(=O)C23CCCCC3)C2CC2)cc1. The maximum Gasteiger partial charge on any atom is 0.252 e. The molecule has 3 amide bonds. The number of piperazine rings is 1. The Morgan fingerprint density at radius 2 is 1.86 bits per heavy atom. The molecule has 1 N–H and O–H groups in total. The molecule has 1 saturated heterocycles. The van der Waals surface area contributed by atoms with Gasteiger partial charge < -0.3 is 9.64 Å². The molecule has 29 heavy (non-hydrogen) atoms. The summed E-state index contributed by atoms with van der Waals surface area (Å²) in [6.45, 7) is 0.881. The minimum absolute atomic E-state index is 0.0222. The second-order valence-corrected chi connectivity index (χ2v) is 8.43. The largest absolute Gasteiger partial charge is 0.497 e. The quantitative estimate of drug-likeness (QED) is 0.739. The van der Waals surface area contributed by atoms with E-state index in [1.54, 1.807) is 12.0 Å². The van der Waals surface area contributed by atoms with Crippen molar-refractivity contribution in [3.63, 3.8) is 0 Å². The number of amides is 3. The number of nitrogens with one attached hydrogen (secondary N) is 1. The van der Waals surface area contributed by atoms with Gasteiger partial charge in [-0.15, -0.1) is 0 Å². The Morgan fingerprint density at radius 1 is 1.17 bits per heavy atom. The van der Waals surface area contributed by atoms with Crippen LogP contribution in [0, 0.1) is 0 Å². The van der Waals surface area contributed by atoms with Gasteiger partial charge in [-0.3, -0.25) is 24.6 Å². The van der Waals surface area contributed by atoms with Crippen LogP contribution in [0.25, 0.3) is 0 Å². The number of methoxy groups -OCH3 is 1. The van der Waals surface area contributed by atoms with Crippen molar-refractivity contribution in [3.05, 3.63) is 29.8 Å². The number of ether oxygens (including phenoxy) is 1. The predicted molar refractivity (Wildman–Crippen MR) is 107 cm³/mol. The van der Waals surface area contributed by atoms with Gasteiger partial charge >= 0.3 is 0 Å². The van der Waals surface area contributed by atoms with E-state index in [2.05, 4.69) is 10.2 Å². The summed E-state index contributed by atoms with van der Waals surface area (Å²) in [7, 11) is 1.64. The maximum absolute atomic E-state index is 13.3. The highest BCUT2D eigenvalue weighted by Gasteiger charge is 2.51. The monoisotopic (exact) mass is 399 g/mol. The van der Waals surface area contributed by atoms with Crippen LogP contribution in [-0.4, -0.2) is 59.3 Å². The molecule has 0 unspecified atom stereocenters. The number of nitrogens with zero attached hydrogens (tertiary/aromatic N) is 2. The van der Waals surface area contributed by atoms with E-state index in [0.717, 1.165) is 43.4 Å². The average molecular weight is 399 g/mol. The van der Waals surface area contributed by atoms with E-state index in [-0.39, 0.29) is 30.8 Å². The Kier molecular flexibility index (Phi) is 5.58. The molecular weight excluding hydrogens is 370 g/mol. The van der Waals surface area contributed by atoms with E-state index in [4.69, 9.17) is 4.74 Å². The molecule has 7 heteroatoms. The van der Waals surface area contributed by atoms with Gasteiger partial charge in [0.2, 0.25) is 11.8 Å². The van der Waals surface area contributed by atoms with Crippen molar-refractivity contribution in [2.75, 3.05) is 20.2 Å². The molecule has 0 bridgehead atoms. The van der Waals surface area contributed by atoms with Gasteiger partial charge in [-0.05, 0) is 43.4 Å². The molecule has 3 fully saturated rings. The number of rotatable bonds is 6. The molecule has 0 atom stereocenters. The summed E-state index contributed by atoms with van der Waals surface area (Å²) in [4.78, 5) is 41.9. The lowest BCUT2D eigenvalue weighted by molar-refractivity contribution is -0.160. The zero-order valence-electron chi connectivity index (χ0n) is 17.0. The normalized spacial score (nSPS) is 21.4. The minimum atomic E-state index is -0.849. The van der Waals surface area contributed by atoms with Gasteiger partial charge in [0.05, 0.1) is 13.7 Å². The zero-order chi connectivity index (χ0) is 20.4. The standard InChI is InChI=1S/C22H29N3O4/c1-29-18-9-5-16(6-10-18)13-24(17-7-8-17)15-20(27)25-14-19(26)23-21(28)22(25)11-3-2-4-12-22/h5-6,9-10,17H,2-4,7-8,11-15H2,1H3,(H,23,26,28). The van der Waals surface area contributed by atoms with Crippen molar-refractivity contribution < 1.29 is 19.1 Å². The highest BCUT2D eigenvalue weighted by molar-refractivity contribution is 6.06. The van der Waals surface area contributed by atoms with Crippen LogP contribution in [-0.2, 0) is 20.9 Å². The lowest BCUT2D eigenvalue weighted by Gasteiger charge is -2.47. The summed E-state index contributed by atoms with van der Waals surface area (Å²) in [5.41, 5.74) is 0.267. The van der Waals surface area contributed by atoms with Crippen molar-refractivity contribution in [3.8, 4) is 5.75 Å². The third-order valence-electron chi connectivity index (χ3n) is 6.42. The van der Waals surface area contributed by atoms with Crippen LogP contribution in [0.2, 0.25) is 0 Å². The van der Waals surface area contributed by atoms with E-state index < -0.39 is 5.54 Å². The lowest BCUT2D eigenvalue weighted by atomic mass is 9.78. The lowest BCUT2D eigenvalue weighted by Crippen LogP contribution is -2.69. The Bertz CT molecular complexity index is 782. The Morgan fingerprint density at radius 3 is 2.48 bits per heavy atom. The van der Waals surface area contributed by atoms with E-state index in [0.29, 0.717) is 25.4 Å². The molecular formula is C22H29N3O4. The second-order valence-electron chi connectivity index (χ2n) is 8.43. The average Bonchev–Trinajstić information content (AvgIpc) is 3.57. The summed E-state index contributed by atoms with van der Waals surface area (Å²) >= 11 is 0. The Labute approximate surface area is 171 Å². The van der Waals surface area contributed by atoms with Gasteiger partial charge in [-0.1, -0.05) is 31.4 Å². The van der Waals surface area contributed by atoms with Gasteiger partial charge in [0.1, 0.15) is 17.8 Å². The highest BCUT2D eigenvalue weighted by Crippen LogP contribution is 2.36. The van der Waals surface area contributed by atoms with Gasteiger partial charge in [0.15, 0.2) is 0 Å². The van der Waals surface area contributed by atoms with Crippen LogP contribution in [0.1, 0.15) is 50.5 Å². The number of carbonyl (C=O) groups excluding carboxylic acids is 3. The fraction of sp³-hybridized carbons (Fsp3) is 0.591. The van der Waals surface area contributed by atoms with Crippen molar-refractivity contribution >= 4 is 17.7 Å². The Hall–Kier alpha value is -2.41. The number of carbonyl (C=O) groups is 3. The van der Waals surface area contributed by atoms with Gasteiger partial charge in [0.25, 0.3) is 5.91 Å². The molecule has 1 spiro atoms. The smallest absolute Gasteiger partial charge is 0.252 e. The molecule has 0 radical (unpaired) electrons. The topological polar surface area (TPSA) is 79.0 Å². The summed E-state index contributed by atoms with van der Waals surface area (Å²) in [5.74, 6) is 0.0120. The number of imide groups is 1. The summed E-state index contributed by atoms with van der Waals surface area (Å²) in [6, 6.07) is 8.26. The van der Waals surface area contributed by atoms with Gasteiger partial charge in [0, 0.05) is 12.6 Å². The first-order valence-corrected chi connectivity index (χ1v) is 10.5. The van der Waals surface area contributed by atoms with E-state index in [1.165, 1.54) is 0 Å². The van der Waals surface area contributed by atoms with Gasteiger partial charge in [-0.25, -0.2) is 0 Å². The number of hydrogen-bond acceptors (Lipinski definition) is 5. The molecule has 3 aliphatic rings. The first kappa shape index (κ1) is 19.9. The Balaban J connectivity index is 1.50. The minimum Gasteiger partial charge on any atom is -0.497 e. The summed E-state index contributed by atoms with van der Waals surface area (Å²) in [6.07, 6.45) is 6.31. The molecule has 2 saturated carbocycles. The first-order valence-electron chi connectivity index (χ1n) is 10.5. The second kappa shape index (κ2) is 8.14. The van der Waals surface area contributed by atoms with Crippen molar-refractivity contribution in [2.45, 2.75) is 63.1 Å². The van der Waals surface area contributed by atoms with E-state index in [9.17, 15) is 14.4 Å². The van der Waals surface area contributed by atoms with Crippen LogP contribution in [0.4, 0.5) is 0 Å². The fourth-order valence-electron chi connectivity index (χ4n) is 4.64. The van der Waals surface area contributed by atoms with Crippen molar-refractivity contribution in [1.29, 1.82) is 0 Å². The number of hydrogen-bond donors (Lipinski definition) is 1. The highest BCUT2D eigenvalue weighted by atomic mass is 16.5. The van der Waals surface area contributed by atoms with Crippen LogP contribution in [0.15, 0.2) is 24.3 Å². The third kappa shape index (κ3) is 4.15. The molecule has 156 valence electrons. The van der Waals surface area contributed by atoms with Crippen molar-refractivity contribution in [1.82, 2.24) is 15.1 Å². The fourth-order valence-corrected chi connectivity index (χ4v) is 4.64. The van der Waals surface area contributed by atoms with Crippen LogP contribution in [0.5, 0.6) is 5.75 Å². The van der Waals surface area contributed by atoms with E-state index in [1.807, 2.05) is 24.3 Å². The molecule has 2 aliphatic carbocycles. The first-order chi connectivity index (χ1) is 14.0. The van der Waals surface area contributed by atoms with Gasteiger partial charge in [-0.2, -0.15) is 0 Å². The molecule has 1 aromatic carbocycles. The summed E-state index contributed by atoms with van der Waals surface area (Å²) in [5, 5.41) is 2.47. The van der Waals surface area contributed by atoms with Crippen LogP contribution < -0.4 is 10.1 Å². The molecule has 4 rings (SSSR count). The van der Waals surface area contributed by atoms with Crippen LogP contribution in [0.3, 0.4) is 0 Å². The molecule has 1 heterocycles. The van der Waals surface area contributed by atoms with Crippen molar-refractivity contribution in [2.24, 2.45) is 0 Å². The third-order valence-corrected chi connectivity index (χ3v) is 6.42. The molecule has 1 aliphatic heterocycles. The molecule has 7 nitrogen and oxygen atoms in total.